The van der Waals surface area contributed by atoms with Gasteiger partial charge in [-0.05, 0) is 44.5 Å². The highest BCUT2D eigenvalue weighted by Gasteiger charge is 2.34. The molecule has 1 aromatic rings. The van der Waals surface area contributed by atoms with Crippen LogP contribution in [0.25, 0.3) is 0 Å². The standard InChI is InChI=1S/C15H23N3O/c16-12-4-3-5-13(17)15(12)11-6-9-19-10-14(11)18-7-1-2-8-18/h3-5,11,14H,1-2,6-10,16-17H2. The van der Waals surface area contributed by atoms with Crippen molar-refractivity contribution in [2.24, 2.45) is 0 Å². The molecule has 0 aromatic heterocycles. The molecule has 104 valence electrons. The Labute approximate surface area is 114 Å². The Morgan fingerprint density at radius 2 is 1.79 bits per heavy atom. The third-order valence-electron chi connectivity index (χ3n) is 4.48. The number of rotatable bonds is 2. The molecule has 0 aliphatic carbocycles. The van der Waals surface area contributed by atoms with Gasteiger partial charge in [0, 0.05) is 35.5 Å². The van der Waals surface area contributed by atoms with E-state index in [0.717, 1.165) is 36.6 Å². The molecule has 0 saturated carbocycles. The van der Waals surface area contributed by atoms with Gasteiger partial charge >= 0.3 is 0 Å². The first-order valence-electron chi connectivity index (χ1n) is 7.23. The molecule has 2 aliphatic rings. The number of benzene rings is 1. The first-order chi connectivity index (χ1) is 9.27. The van der Waals surface area contributed by atoms with Gasteiger partial charge in [0.1, 0.15) is 0 Å². The van der Waals surface area contributed by atoms with Gasteiger partial charge in [0.05, 0.1) is 6.61 Å². The first kappa shape index (κ1) is 12.8. The van der Waals surface area contributed by atoms with Crippen molar-refractivity contribution in [2.75, 3.05) is 37.8 Å². The molecule has 1 aromatic carbocycles. The second-order valence-corrected chi connectivity index (χ2v) is 5.63. The average Bonchev–Trinajstić information content (AvgIpc) is 2.93. The van der Waals surface area contributed by atoms with Crippen molar-refractivity contribution in [3.05, 3.63) is 23.8 Å². The maximum absolute atomic E-state index is 6.17. The zero-order valence-electron chi connectivity index (χ0n) is 11.3. The fourth-order valence-electron chi connectivity index (χ4n) is 3.52. The number of anilines is 2. The summed E-state index contributed by atoms with van der Waals surface area (Å²) in [5, 5.41) is 0. The number of ether oxygens (including phenoxy) is 1. The minimum absolute atomic E-state index is 0.410. The monoisotopic (exact) mass is 261 g/mol. The fraction of sp³-hybridized carbons (Fsp3) is 0.600. The minimum Gasteiger partial charge on any atom is -0.398 e. The molecular formula is C15H23N3O. The van der Waals surface area contributed by atoms with Crippen molar-refractivity contribution in [1.29, 1.82) is 0 Å². The van der Waals surface area contributed by atoms with Crippen molar-refractivity contribution < 1.29 is 4.74 Å². The summed E-state index contributed by atoms with van der Waals surface area (Å²) in [6.07, 6.45) is 3.60. The Hall–Kier alpha value is -1.26. The molecule has 0 radical (unpaired) electrons. The van der Waals surface area contributed by atoms with Crippen LogP contribution in [0.2, 0.25) is 0 Å². The third kappa shape index (κ3) is 2.42. The first-order valence-corrected chi connectivity index (χ1v) is 7.23. The Morgan fingerprint density at radius 3 is 2.47 bits per heavy atom. The van der Waals surface area contributed by atoms with E-state index in [1.54, 1.807) is 0 Å². The predicted molar refractivity (Wildman–Crippen MR) is 78.0 cm³/mol. The van der Waals surface area contributed by atoms with Gasteiger partial charge in [-0.25, -0.2) is 0 Å². The predicted octanol–water partition coefficient (Wildman–Crippen LogP) is 1.82. The molecule has 2 unspecified atom stereocenters. The van der Waals surface area contributed by atoms with Crippen LogP contribution in [0.4, 0.5) is 11.4 Å². The maximum atomic E-state index is 6.17. The summed E-state index contributed by atoms with van der Waals surface area (Å²) in [5.74, 6) is 0.410. The number of hydrogen-bond donors (Lipinski definition) is 2. The molecule has 0 spiro atoms. The topological polar surface area (TPSA) is 64.5 Å². The van der Waals surface area contributed by atoms with Gasteiger partial charge in [-0.15, -0.1) is 0 Å². The second-order valence-electron chi connectivity index (χ2n) is 5.63. The largest absolute Gasteiger partial charge is 0.398 e. The lowest BCUT2D eigenvalue weighted by Gasteiger charge is -2.38. The van der Waals surface area contributed by atoms with Gasteiger partial charge in [-0.2, -0.15) is 0 Å². The van der Waals surface area contributed by atoms with Gasteiger partial charge in [0.2, 0.25) is 0 Å². The van der Waals surface area contributed by atoms with E-state index in [1.165, 1.54) is 25.9 Å². The van der Waals surface area contributed by atoms with Gasteiger partial charge in [0.15, 0.2) is 0 Å². The van der Waals surface area contributed by atoms with E-state index in [-0.39, 0.29) is 0 Å². The highest BCUT2D eigenvalue weighted by Crippen LogP contribution is 2.38. The van der Waals surface area contributed by atoms with E-state index in [1.807, 2.05) is 18.2 Å². The average molecular weight is 261 g/mol. The second kappa shape index (κ2) is 5.39. The number of nitrogens with zero attached hydrogens (tertiary/aromatic N) is 1. The Morgan fingerprint density at radius 1 is 1.11 bits per heavy atom. The normalized spacial score (nSPS) is 28.6. The summed E-state index contributed by atoms with van der Waals surface area (Å²) in [5.41, 5.74) is 15.1. The molecule has 4 nitrogen and oxygen atoms in total. The molecule has 3 rings (SSSR count). The van der Waals surface area contributed by atoms with Crippen LogP contribution in [0.3, 0.4) is 0 Å². The molecule has 19 heavy (non-hydrogen) atoms. The molecule has 4 heteroatoms. The van der Waals surface area contributed by atoms with Crippen molar-refractivity contribution in [3.8, 4) is 0 Å². The SMILES string of the molecule is Nc1cccc(N)c1C1CCOCC1N1CCCC1. The van der Waals surface area contributed by atoms with Crippen LogP contribution in [0, 0.1) is 0 Å². The zero-order valence-corrected chi connectivity index (χ0v) is 11.3. The van der Waals surface area contributed by atoms with Crippen LogP contribution in [0.1, 0.15) is 30.7 Å². The van der Waals surface area contributed by atoms with Crippen molar-refractivity contribution >= 4 is 11.4 Å². The van der Waals surface area contributed by atoms with Crippen molar-refractivity contribution in [3.63, 3.8) is 0 Å². The lowest BCUT2D eigenvalue weighted by Crippen LogP contribution is -2.44. The highest BCUT2D eigenvalue weighted by molar-refractivity contribution is 5.63. The molecular weight excluding hydrogens is 238 g/mol. The molecule has 2 fully saturated rings. The van der Waals surface area contributed by atoms with E-state index < -0.39 is 0 Å². The molecule has 2 aliphatic heterocycles. The highest BCUT2D eigenvalue weighted by atomic mass is 16.5. The van der Waals surface area contributed by atoms with Crippen LogP contribution in [0.15, 0.2) is 18.2 Å². The molecule has 2 heterocycles. The lowest BCUT2D eigenvalue weighted by atomic mass is 9.85. The van der Waals surface area contributed by atoms with E-state index in [2.05, 4.69) is 4.90 Å². The van der Waals surface area contributed by atoms with Gasteiger partial charge in [0.25, 0.3) is 0 Å². The van der Waals surface area contributed by atoms with Crippen molar-refractivity contribution in [1.82, 2.24) is 4.90 Å². The lowest BCUT2D eigenvalue weighted by molar-refractivity contribution is 0.0128. The van der Waals surface area contributed by atoms with E-state index >= 15 is 0 Å². The van der Waals surface area contributed by atoms with Crippen LogP contribution in [-0.2, 0) is 4.74 Å². The summed E-state index contributed by atoms with van der Waals surface area (Å²) >= 11 is 0. The summed E-state index contributed by atoms with van der Waals surface area (Å²) in [6.45, 7) is 3.97. The Kier molecular flexibility index (Phi) is 3.62. The number of nitrogens with two attached hydrogens (primary N) is 2. The number of likely N-dealkylation sites (tertiary alicyclic amines) is 1. The third-order valence-corrected chi connectivity index (χ3v) is 4.48. The van der Waals surface area contributed by atoms with Crippen molar-refractivity contribution in [2.45, 2.75) is 31.2 Å². The van der Waals surface area contributed by atoms with Gasteiger partial charge < -0.3 is 16.2 Å². The van der Waals surface area contributed by atoms with Crippen LogP contribution in [0.5, 0.6) is 0 Å². The smallest absolute Gasteiger partial charge is 0.0627 e. The van der Waals surface area contributed by atoms with Crippen LogP contribution in [-0.4, -0.2) is 37.2 Å². The summed E-state index contributed by atoms with van der Waals surface area (Å²) in [4.78, 5) is 2.55. The number of hydrogen-bond acceptors (Lipinski definition) is 4. The molecule has 2 atom stereocenters. The fourth-order valence-corrected chi connectivity index (χ4v) is 3.52. The van der Waals surface area contributed by atoms with Crippen LogP contribution >= 0.6 is 0 Å². The van der Waals surface area contributed by atoms with E-state index in [0.29, 0.717) is 12.0 Å². The summed E-state index contributed by atoms with van der Waals surface area (Å²) in [7, 11) is 0. The maximum Gasteiger partial charge on any atom is 0.0627 e. The molecule has 0 amide bonds. The van der Waals surface area contributed by atoms with E-state index in [4.69, 9.17) is 16.2 Å². The van der Waals surface area contributed by atoms with Gasteiger partial charge in [-0.1, -0.05) is 6.07 Å². The Bertz CT molecular complexity index is 423. The summed E-state index contributed by atoms with van der Waals surface area (Å²) in [6, 6.07) is 6.28. The number of nitrogen functional groups attached to an aromatic ring is 2. The zero-order chi connectivity index (χ0) is 13.2. The Balaban J connectivity index is 1.91. The van der Waals surface area contributed by atoms with Gasteiger partial charge in [-0.3, -0.25) is 4.90 Å². The summed E-state index contributed by atoms with van der Waals surface area (Å²) < 4.78 is 5.70. The minimum atomic E-state index is 0.410. The molecule has 0 bridgehead atoms. The molecule has 2 saturated heterocycles. The van der Waals surface area contributed by atoms with E-state index in [9.17, 15) is 0 Å². The van der Waals surface area contributed by atoms with Crippen LogP contribution < -0.4 is 11.5 Å². The quantitative estimate of drug-likeness (QED) is 0.797. The molecule has 4 N–H and O–H groups in total.